The number of aromatic nitrogens is 2. The molecule has 2 atom stereocenters. The van der Waals surface area contributed by atoms with Gasteiger partial charge in [0.05, 0.1) is 31.1 Å². The molecular formula is C28H29N7O7. The number of hydrogen-bond donors (Lipinski definition) is 3. The number of benzene rings is 1. The minimum absolute atomic E-state index is 0.000961. The zero-order chi connectivity index (χ0) is 29.8. The fraction of sp³-hybridized carbons (Fsp3) is 0.357. The van der Waals surface area contributed by atoms with Crippen molar-refractivity contribution in [2.45, 2.75) is 45.4 Å². The quantitative estimate of drug-likeness (QED) is 0.384. The molecule has 0 saturated heterocycles. The predicted octanol–water partition coefficient (Wildman–Crippen LogP) is -0.0767. The lowest BCUT2D eigenvalue weighted by atomic mass is 9.92. The second kappa shape index (κ2) is 10.2. The topological polar surface area (TPSA) is 180 Å². The third-order valence-corrected chi connectivity index (χ3v) is 7.26. The Labute approximate surface area is 240 Å². The van der Waals surface area contributed by atoms with Crippen molar-refractivity contribution in [1.29, 1.82) is 5.41 Å². The number of imidazole rings is 1. The van der Waals surface area contributed by atoms with E-state index in [1.165, 1.54) is 0 Å². The minimum Gasteiger partial charge on any atom is -0.857 e. The molecule has 1 aromatic carbocycles. The maximum Gasteiger partial charge on any atom is 0.374 e. The average Bonchev–Trinajstić information content (AvgIpc) is 3.68. The molecule has 3 N–H and O–H groups in total. The van der Waals surface area contributed by atoms with Crippen LogP contribution in [-0.4, -0.2) is 76.1 Å². The van der Waals surface area contributed by atoms with Gasteiger partial charge in [0, 0.05) is 36.7 Å². The molecule has 0 aliphatic carbocycles. The standard InChI is InChI=1S/C28H29N7O7/c1-5-40-25(37)18-10-14(20-17(41-18)12-16-15(22(20)39-4)11-19(42-16)28(2,3)38)6-8-34-9-7-30-27(34)35-13-31-21-23(35)32-26(29)33-24(21)36/h6-7,9-10,12,19,38H,5,8,11,13H2,1-4H3,(H2,29,33,36)/t19-/m0/s1. The molecular weight excluding hydrogens is 546 g/mol. The highest BCUT2D eigenvalue weighted by atomic mass is 16.6. The van der Waals surface area contributed by atoms with E-state index in [-0.39, 0.29) is 30.7 Å². The normalized spacial score (nSPS) is 21.7. The van der Waals surface area contributed by atoms with Crippen molar-refractivity contribution in [2.24, 2.45) is 15.0 Å². The summed E-state index contributed by atoms with van der Waals surface area (Å²) in [7, 11) is 1.55. The highest BCUT2D eigenvalue weighted by Gasteiger charge is 2.40. The fourth-order valence-electron chi connectivity index (χ4n) is 5.25. The zero-order valence-corrected chi connectivity index (χ0v) is 23.4. The van der Waals surface area contributed by atoms with E-state index in [1.807, 2.05) is 10.6 Å². The Morgan fingerprint density at radius 2 is 2.17 bits per heavy atom. The Bertz CT molecular complexity index is 1660. The first-order valence-corrected chi connectivity index (χ1v) is 13.3. The lowest BCUT2D eigenvalue weighted by molar-refractivity contribution is -0.730. The summed E-state index contributed by atoms with van der Waals surface area (Å²) in [5, 5.41) is 30.6. The van der Waals surface area contributed by atoms with E-state index in [9.17, 15) is 15.0 Å². The molecule has 5 heterocycles. The molecule has 0 spiro atoms. The fourth-order valence-corrected chi connectivity index (χ4v) is 5.25. The molecule has 1 unspecified atom stereocenters. The number of esters is 1. The van der Waals surface area contributed by atoms with Crippen LogP contribution in [0.5, 0.6) is 17.2 Å². The Morgan fingerprint density at radius 3 is 2.90 bits per heavy atom. The lowest BCUT2D eigenvalue weighted by Gasteiger charge is -2.24. The first-order valence-electron chi connectivity index (χ1n) is 13.3. The van der Waals surface area contributed by atoms with Crippen molar-refractivity contribution in [2.75, 3.05) is 20.4 Å². The predicted molar refractivity (Wildman–Crippen MR) is 148 cm³/mol. The molecule has 4 aliphatic rings. The highest BCUT2D eigenvalue weighted by molar-refractivity contribution is 6.66. The average molecular weight is 576 g/mol. The van der Waals surface area contributed by atoms with Crippen molar-refractivity contribution in [3.8, 4) is 17.2 Å². The minimum atomic E-state index is -1.10. The summed E-state index contributed by atoms with van der Waals surface area (Å²) in [4.78, 5) is 29.8. The molecule has 14 heteroatoms. The van der Waals surface area contributed by atoms with Crippen LogP contribution in [0.3, 0.4) is 0 Å². The van der Waals surface area contributed by atoms with Gasteiger partial charge in [-0.05, 0) is 32.4 Å². The zero-order valence-electron chi connectivity index (χ0n) is 23.4. The van der Waals surface area contributed by atoms with E-state index in [1.54, 1.807) is 52.4 Å². The molecule has 4 aliphatic heterocycles. The number of hydrogen-bond acceptors (Lipinski definition) is 10. The third-order valence-electron chi connectivity index (χ3n) is 7.26. The highest BCUT2D eigenvalue weighted by Crippen LogP contribution is 2.50. The number of amidine groups is 1. The summed E-state index contributed by atoms with van der Waals surface area (Å²) in [5.41, 5.74) is 1.08. The summed E-state index contributed by atoms with van der Waals surface area (Å²) < 4.78 is 25.0. The van der Waals surface area contributed by atoms with Crippen molar-refractivity contribution in [1.82, 2.24) is 9.55 Å². The molecule has 0 saturated carbocycles. The Kier molecular flexibility index (Phi) is 6.66. The molecule has 0 bridgehead atoms. The summed E-state index contributed by atoms with van der Waals surface area (Å²) in [6.07, 6.45) is 6.82. The first-order chi connectivity index (χ1) is 20.1. The number of quaternary nitrogens is 1. The Balaban J connectivity index is 1.38. The van der Waals surface area contributed by atoms with Crippen LogP contribution in [-0.2, 0) is 22.5 Å². The second-order valence-electron chi connectivity index (χ2n) is 10.5. The second-order valence-corrected chi connectivity index (χ2v) is 10.5. The van der Waals surface area contributed by atoms with Gasteiger partial charge in [-0.25, -0.2) is 19.7 Å². The van der Waals surface area contributed by atoms with Crippen LogP contribution in [0.4, 0.5) is 5.95 Å². The summed E-state index contributed by atoms with van der Waals surface area (Å²) in [5.74, 6) is 0.636. The number of aliphatic imine (C=N–C) groups is 3. The SMILES string of the molecule is CCOC(=O)C1=CC(=CCn2ccnc2[NH+]2CN=C3C([O-])=NC(=N)N=C32)c2c(cc3c(c2OC)C[C@@H](C(C)(C)O)O3)O1. The van der Waals surface area contributed by atoms with Crippen molar-refractivity contribution in [3.63, 3.8) is 0 Å². The van der Waals surface area contributed by atoms with Gasteiger partial charge >= 0.3 is 11.9 Å². The number of guanidine groups is 1. The number of fused-ring (bicyclic) bond motifs is 3. The van der Waals surface area contributed by atoms with Crippen molar-refractivity contribution < 1.29 is 38.9 Å². The Morgan fingerprint density at radius 1 is 1.36 bits per heavy atom. The number of methoxy groups -OCH3 is 1. The van der Waals surface area contributed by atoms with Crippen LogP contribution in [0.2, 0.25) is 0 Å². The van der Waals surface area contributed by atoms with E-state index >= 15 is 0 Å². The molecule has 6 rings (SSSR count). The number of carbonyl (C=O) groups excluding carboxylic acids is 1. The molecule has 0 fully saturated rings. The third kappa shape index (κ3) is 4.63. The number of aliphatic hydroxyl groups is 1. The monoisotopic (exact) mass is 575 g/mol. The van der Waals surface area contributed by atoms with Crippen molar-refractivity contribution >= 4 is 40.9 Å². The number of allylic oxidation sites excluding steroid dienone is 3. The van der Waals surface area contributed by atoms with E-state index in [2.05, 4.69) is 20.0 Å². The number of rotatable bonds is 7. The van der Waals surface area contributed by atoms with Gasteiger partial charge in [0.15, 0.2) is 12.4 Å². The van der Waals surface area contributed by atoms with Crippen LogP contribution >= 0.6 is 0 Å². The van der Waals surface area contributed by atoms with Crippen LogP contribution < -0.4 is 24.2 Å². The maximum atomic E-state index is 12.7. The molecule has 2 aromatic rings. The van der Waals surface area contributed by atoms with E-state index in [0.717, 1.165) is 5.56 Å². The van der Waals surface area contributed by atoms with E-state index in [4.69, 9.17) is 24.4 Å². The molecule has 218 valence electrons. The van der Waals surface area contributed by atoms with Crippen molar-refractivity contribution in [3.05, 3.63) is 47.5 Å². The van der Waals surface area contributed by atoms with E-state index in [0.29, 0.717) is 58.0 Å². The Hall–Kier alpha value is -4.82. The van der Waals surface area contributed by atoms with Crippen LogP contribution in [0, 0.1) is 5.41 Å². The van der Waals surface area contributed by atoms with Crippen LogP contribution in [0.15, 0.2) is 51.3 Å². The molecule has 42 heavy (non-hydrogen) atoms. The van der Waals surface area contributed by atoms with Crippen LogP contribution in [0.25, 0.3) is 5.57 Å². The van der Waals surface area contributed by atoms with E-state index < -0.39 is 23.6 Å². The lowest BCUT2D eigenvalue weighted by Crippen LogP contribution is -3.10. The molecule has 14 nitrogen and oxygen atoms in total. The molecule has 0 radical (unpaired) electrons. The van der Waals surface area contributed by atoms with Gasteiger partial charge in [-0.2, -0.15) is 9.98 Å². The van der Waals surface area contributed by atoms with Crippen LogP contribution in [0.1, 0.15) is 31.9 Å². The van der Waals surface area contributed by atoms with Gasteiger partial charge in [-0.15, -0.1) is 0 Å². The molecule has 0 amide bonds. The first kappa shape index (κ1) is 27.4. The summed E-state index contributed by atoms with van der Waals surface area (Å²) in [6.45, 7) is 5.74. The van der Waals surface area contributed by atoms with Gasteiger partial charge in [-0.1, -0.05) is 6.08 Å². The molecule has 1 aromatic heterocycles. The number of nitrogens with zero attached hydrogens (tertiary/aromatic N) is 5. The number of ether oxygens (including phenoxy) is 4. The summed E-state index contributed by atoms with van der Waals surface area (Å²) in [6, 6.07) is 1.70. The maximum absolute atomic E-state index is 12.7. The van der Waals surface area contributed by atoms with Gasteiger partial charge < -0.3 is 29.2 Å². The van der Waals surface area contributed by atoms with Gasteiger partial charge in [0.25, 0.3) is 5.84 Å². The van der Waals surface area contributed by atoms with Gasteiger partial charge in [-0.3, -0.25) is 9.98 Å². The van der Waals surface area contributed by atoms with Gasteiger partial charge in [0.2, 0.25) is 11.7 Å². The van der Waals surface area contributed by atoms with Gasteiger partial charge in [0.1, 0.15) is 23.4 Å². The number of nitrogens with one attached hydrogen (secondary N) is 2. The summed E-state index contributed by atoms with van der Waals surface area (Å²) >= 11 is 0. The largest absolute Gasteiger partial charge is 0.857 e. The smallest absolute Gasteiger partial charge is 0.374 e. The number of carbonyl (C=O) groups is 1.